The molecule has 1 fully saturated rings. The van der Waals surface area contributed by atoms with E-state index in [9.17, 15) is 0 Å². The first-order valence-electron chi connectivity index (χ1n) is 5.75. The molecule has 3 nitrogen and oxygen atoms in total. The molecule has 3 rings (SSSR count). The van der Waals surface area contributed by atoms with E-state index in [2.05, 4.69) is 38.4 Å². The van der Waals surface area contributed by atoms with Crippen LogP contribution in [0.15, 0.2) is 22.9 Å². The first-order valence-corrected chi connectivity index (χ1v) is 6.54. The maximum absolute atomic E-state index is 9.00. The summed E-state index contributed by atoms with van der Waals surface area (Å²) in [6, 6.07) is 4.09. The minimum atomic E-state index is 0.610. The van der Waals surface area contributed by atoms with E-state index in [4.69, 9.17) is 5.26 Å². The molecule has 1 aliphatic heterocycles. The average Bonchev–Trinajstić information content (AvgIpc) is 2.90. The van der Waals surface area contributed by atoms with Crippen molar-refractivity contribution in [2.75, 3.05) is 13.1 Å². The maximum atomic E-state index is 9.00. The lowest BCUT2D eigenvalue weighted by molar-refractivity contribution is 0.536. The minimum absolute atomic E-state index is 0.610. The van der Waals surface area contributed by atoms with E-state index in [-0.39, 0.29) is 0 Å². The molecule has 2 aliphatic rings. The number of aromatic nitrogens is 1. The smallest absolute Gasteiger partial charge is 0.123 e. The Kier molecular flexibility index (Phi) is 2.73. The number of hydrogen-bond acceptors (Lipinski definition) is 3. The molecule has 1 aromatic heterocycles. The van der Waals surface area contributed by atoms with Crippen molar-refractivity contribution in [2.45, 2.75) is 6.42 Å². The predicted molar refractivity (Wildman–Crippen MR) is 69.1 cm³/mol. The standard InChI is InChI=1S/C13H12BrN3/c14-13-9(4-15)3-12(7-17-13)8-1-10-5-16-6-11(10)2-8/h1,3,7,10-11,16H,2,5-6H2/t10-,11+/m1/s1. The summed E-state index contributed by atoms with van der Waals surface area (Å²) in [4.78, 5) is 4.23. The molecule has 4 heteroatoms. The number of nitrogens with one attached hydrogen (secondary N) is 1. The fourth-order valence-corrected chi connectivity index (χ4v) is 3.00. The van der Waals surface area contributed by atoms with Gasteiger partial charge >= 0.3 is 0 Å². The minimum Gasteiger partial charge on any atom is -0.316 e. The van der Waals surface area contributed by atoms with Gasteiger partial charge in [-0.15, -0.1) is 0 Å². The molecule has 1 aromatic rings. The normalized spacial score (nSPS) is 26.5. The topological polar surface area (TPSA) is 48.7 Å². The van der Waals surface area contributed by atoms with Crippen molar-refractivity contribution < 1.29 is 0 Å². The Balaban J connectivity index is 1.93. The molecule has 1 N–H and O–H groups in total. The Labute approximate surface area is 109 Å². The van der Waals surface area contributed by atoms with Gasteiger partial charge in [0.1, 0.15) is 10.7 Å². The van der Waals surface area contributed by atoms with Gasteiger partial charge in [0.25, 0.3) is 0 Å². The second-order valence-electron chi connectivity index (χ2n) is 4.65. The number of pyridine rings is 1. The average molecular weight is 290 g/mol. The zero-order valence-electron chi connectivity index (χ0n) is 9.28. The molecule has 0 spiro atoms. The number of halogens is 1. The summed E-state index contributed by atoms with van der Waals surface area (Å²) >= 11 is 3.28. The monoisotopic (exact) mass is 289 g/mol. The van der Waals surface area contributed by atoms with Crippen molar-refractivity contribution in [2.24, 2.45) is 11.8 Å². The van der Waals surface area contributed by atoms with Gasteiger partial charge < -0.3 is 5.32 Å². The lowest BCUT2D eigenvalue weighted by Crippen LogP contribution is -2.09. The van der Waals surface area contributed by atoms with Gasteiger partial charge in [-0.05, 0) is 57.9 Å². The third-order valence-corrected chi connectivity index (χ3v) is 4.25. The number of nitriles is 1. The van der Waals surface area contributed by atoms with Crippen molar-refractivity contribution in [1.82, 2.24) is 10.3 Å². The molecule has 86 valence electrons. The SMILES string of the molecule is N#Cc1cc(C2=C[C@@H]3CNC[C@@H]3C2)cnc1Br. The molecule has 0 unspecified atom stereocenters. The van der Waals surface area contributed by atoms with Crippen LogP contribution in [-0.2, 0) is 0 Å². The van der Waals surface area contributed by atoms with Crippen LogP contribution >= 0.6 is 15.9 Å². The van der Waals surface area contributed by atoms with Crippen LogP contribution in [0.25, 0.3) is 5.57 Å². The second-order valence-corrected chi connectivity index (χ2v) is 5.40. The molecular weight excluding hydrogens is 278 g/mol. The van der Waals surface area contributed by atoms with Crippen molar-refractivity contribution in [3.8, 4) is 6.07 Å². The van der Waals surface area contributed by atoms with E-state index < -0.39 is 0 Å². The lowest BCUT2D eigenvalue weighted by Gasteiger charge is -2.07. The van der Waals surface area contributed by atoms with E-state index >= 15 is 0 Å². The first kappa shape index (κ1) is 10.9. The zero-order chi connectivity index (χ0) is 11.8. The van der Waals surface area contributed by atoms with Gasteiger partial charge in [-0.1, -0.05) is 6.08 Å². The number of fused-ring (bicyclic) bond motifs is 1. The lowest BCUT2D eigenvalue weighted by atomic mass is 9.98. The van der Waals surface area contributed by atoms with E-state index in [0.29, 0.717) is 16.1 Å². The van der Waals surface area contributed by atoms with Crippen molar-refractivity contribution in [3.63, 3.8) is 0 Å². The molecule has 0 radical (unpaired) electrons. The summed E-state index contributed by atoms with van der Waals surface area (Å²) in [7, 11) is 0. The quantitative estimate of drug-likeness (QED) is 0.808. The van der Waals surface area contributed by atoms with Crippen LogP contribution in [0.5, 0.6) is 0 Å². The Morgan fingerprint density at radius 1 is 1.47 bits per heavy atom. The van der Waals surface area contributed by atoms with Crippen LogP contribution in [0, 0.1) is 23.2 Å². The van der Waals surface area contributed by atoms with Crippen molar-refractivity contribution in [3.05, 3.63) is 34.1 Å². The fourth-order valence-electron chi connectivity index (χ4n) is 2.70. The van der Waals surface area contributed by atoms with Crippen LogP contribution in [0.2, 0.25) is 0 Å². The van der Waals surface area contributed by atoms with Gasteiger partial charge in [-0.25, -0.2) is 4.98 Å². The second kappa shape index (κ2) is 4.25. The maximum Gasteiger partial charge on any atom is 0.123 e. The number of hydrogen-bond donors (Lipinski definition) is 1. The van der Waals surface area contributed by atoms with Gasteiger partial charge in [-0.2, -0.15) is 5.26 Å². The Hall–Kier alpha value is -1.18. The first-order chi connectivity index (χ1) is 8.28. The van der Waals surface area contributed by atoms with Crippen LogP contribution in [0.3, 0.4) is 0 Å². The van der Waals surface area contributed by atoms with Crippen LogP contribution in [0.1, 0.15) is 17.5 Å². The zero-order valence-corrected chi connectivity index (χ0v) is 10.9. The summed E-state index contributed by atoms with van der Waals surface area (Å²) in [5.41, 5.74) is 3.05. The molecule has 0 saturated carbocycles. The predicted octanol–water partition coefficient (Wildman–Crippen LogP) is 2.34. The molecule has 1 saturated heterocycles. The van der Waals surface area contributed by atoms with Gasteiger partial charge in [0.05, 0.1) is 5.56 Å². The van der Waals surface area contributed by atoms with Crippen LogP contribution in [-0.4, -0.2) is 18.1 Å². The number of nitrogens with zero attached hydrogens (tertiary/aromatic N) is 2. The van der Waals surface area contributed by atoms with Gasteiger partial charge in [-0.3, -0.25) is 0 Å². The highest BCUT2D eigenvalue weighted by atomic mass is 79.9. The van der Waals surface area contributed by atoms with Gasteiger partial charge in [0, 0.05) is 12.7 Å². The highest BCUT2D eigenvalue weighted by molar-refractivity contribution is 9.10. The molecule has 2 heterocycles. The highest BCUT2D eigenvalue weighted by Crippen LogP contribution is 2.38. The van der Waals surface area contributed by atoms with E-state index in [1.807, 2.05) is 12.3 Å². The van der Waals surface area contributed by atoms with E-state index in [1.165, 1.54) is 5.57 Å². The molecule has 17 heavy (non-hydrogen) atoms. The third kappa shape index (κ3) is 1.90. The van der Waals surface area contributed by atoms with Crippen LogP contribution in [0.4, 0.5) is 0 Å². The number of rotatable bonds is 1. The van der Waals surface area contributed by atoms with Crippen molar-refractivity contribution >= 4 is 21.5 Å². The highest BCUT2D eigenvalue weighted by Gasteiger charge is 2.31. The summed E-state index contributed by atoms with van der Waals surface area (Å²) in [5.74, 6) is 1.40. The fraction of sp³-hybridized carbons (Fsp3) is 0.385. The van der Waals surface area contributed by atoms with Crippen LogP contribution < -0.4 is 5.32 Å². The summed E-state index contributed by atoms with van der Waals surface area (Å²) in [6.07, 6.45) is 5.30. The molecular formula is C13H12BrN3. The van der Waals surface area contributed by atoms with Crippen molar-refractivity contribution in [1.29, 1.82) is 5.26 Å². The van der Waals surface area contributed by atoms with Gasteiger partial charge in [0.15, 0.2) is 0 Å². The molecule has 0 bridgehead atoms. The summed E-state index contributed by atoms with van der Waals surface area (Å²) < 4.78 is 0.629. The Morgan fingerprint density at radius 2 is 2.35 bits per heavy atom. The summed E-state index contributed by atoms with van der Waals surface area (Å²) in [6.45, 7) is 2.20. The third-order valence-electron chi connectivity index (χ3n) is 3.62. The number of allylic oxidation sites excluding steroid dienone is 1. The summed E-state index contributed by atoms with van der Waals surface area (Å²) in [5, 5.41) is 12.4. The van der Waals surface area contributed by atoms with Gasteiger partial charge in [0.2, 0.25) is 0 Å². The van der Waals surface area contributed by atoms with E-state index in [0.717, 1.165) is 31.0 Å². The Bertz CT molecular complexity index is 530. The molecule has 2 atom stereocenters. The largest absolute Gasteiger partial charge is 0.316 e. The molecule has 0 amide bonds. The molecule has 0 aromatic carbocycles. The molecule has 1 aliphatic carbocycles. The Morgan fingerprint density at radius 3 is 3.12 bits per heavy atom. The van der Waals surface area contributed by atoms with E-state index in [1.54, 1.807) is 0 Å².